The summed E-state index contributed by atoms with van der Waals surface area (Å²) in [6.45, 7) is 2.25. The van der Waals surface area contributed by atoms with Gasteiger partial charge in [0.25, 0.3) is 0 Å². The number of ether oxygens (including phenoxy) is 2. The van der Waals surface area contributed by atoms with E-state index in [0.29, 0.717) is 6.61 Å². The molecular weight excluding hydrogens is 246 g/mol. The van der Waals surface area contributed by atoms with E-state index >= 15 is 0 Å². The molecule has 0 aliphatic carbocycles. The van der Waals surface area contributed by atoms with Crippen molar-refractivity contribution in [2.24, 2.45) is 0 Å². The predicted molar refractivity (Wildman–Crippen MR) is 69.1 cm³/mol. The van der Waals surface area contributed by atoms with Crippen LogP contribution in [0.4, 0.5) is 5.69 Å². The summed E-state index contributed by atoms with van der Waals surface area (Å²) in [6.07, 6.45) is 2.94. The van der Waals surface area contributed by atoms with E-state index in [9.17, 15) is 4.79 Å². The average Bonchev–Trinajstić information content (AvgIpc) is 2.40. The molecule has 100 valence electrons. The molecule has 0 radical (unpaired) electrons. The minimum Gasteiger partial charge on any atom is -0.459 e. The lowest BCUT2D eigenvalue weighted by Gasteiger charge is -2.04. The van der Waals surface area contributed by atoms with Crippen LogP contribution in [0.3, 0.4) is 0 Å². The van der Waals surface area contributed by atoms with E-state index in [0.717, 1.165) is 11.4 Å². The molecule has 0 saturated heterocycles. The smallest absolute Gasteiger partial charge is 0.350 e. The Bertz CT molecular complexity index is 506. The van der Waals surface area contributed by atoms with Crippen LogP contribution in [0.5, 0.6) is 0 Å². The molecule has 0 spiro atoms. The van der Waals surface area contributed by atoms with Crippen LogP contribution in [0, 0.1) is 18.3 Å². The Hall–Kier alpha value is -2.39. The molecule has 0 bridgehead atoms. The van der Waals surface area contributed by atoms with Gasteiger partial charge in [-0.2, -0.15) is 5.26 Å². The Morgan fingerprint density at radius 2 is 2.37 bits per heavy atom. The topological polar surface area (TPSA) is 84.2 Å². The molecule has 0 unspecified atom stereocenters. The van der Waals surface area contributed by atoms with E-state index in [1.165, 1.54) is 13.3 Å². The fraction of sp³-hybridized carbons (Fsp3) is 0.308. The number of carbonyl (C=O) groups excluding carboxylic acids is 1. The van der Waals surface area contributed by atoms with Gasteiger partial charge in [-0.1, -0.05) is 0 Å². The summed E-state index contributed by atoms with van der Waals surface area (Å²) in [5.74, 6) is -0.683. The number of carbonyl (C=O) groups is 1. The van der Waals surface area contributed by atoms with Crippen LogP contribution in [-0.4, -0.2) is 31.3 Å². The first-order valence-corrected chi connectivity index (χ1v) is 5.63. The molecule has 6 nitrogen and oxygen atoms in total. The quantitative estimate of drug-likeness (QED) is 0.360. The van der Waals surface area contributed by atoms with Gasteiger partial charge in [0.05, 0.1) is 6.61 Å². The first-order chi connectivity index (χ1) is 9.17. The number of aromatic nitrogens is 1. The van der Waals surface area contributed by atoms with Gasteiger partial charge in [-0.05, 0) is 19.1 Å². The second kappa shape index (κ2) is 7.84. The second-order valence-corrected chi connectivity index (χ2v) is 3.63. The van der Waals surface area contributed by atoms with Crippen molar-refractivity contribution in [3.63, 3.8) is 0 Å². The number of hydrogen-bond acceptors (Lipinski definition) is 6. The Morgan fingerprint density at radius 1 is 1.58 bits per heavy atom. The number of nitrogens with one attached hydrogen (secondary N) is 1. The molecule has 0 aliphatic heterocycles. The van der Waals surface area contributed by atoms with Crippen LogP contribution in [0.1, 0.15) is 5.69 Å². The number of rotatable bonds is 6. The molecule has 1 aromatic rings. The Morgan fingerprint density at radius 3 is 3.00 bits per heavy atom. The van der Waals surface area contributed by atoms with E-state index in [-0.39, 0.29) is 12.2 Å². The molecule has 1 heterocycles. The molecular formula is C13H15N3O3. The average molecular weight is 261 g/mol. The maximum absolute atomic E-state index is 11.5. The molecule has 1 N–H and O–H groups in total. The minimum atomic E-state index is -0.683. The number of nitrogens with zero attached hydrogens (tertiary/aromatic N) is 2. The van der Waals surface area contributed by atoms with Gasteiger partial charge in [0.15, 0.2) is 5.57 Å². The van der Waals surface area contributed by atoms with Crippen molar-refractivity contribution in [2.75, 3.05) is 25.6 Å². The van der Waals surface area contributed by atoms with Crippen molar-refractivity contribution in [2.45, 2.75) is 6.92 Å². The van der Waals surface area contributed by atoms with Crippen molar-refractivity contribution in [3.8, 4) is 6.07 Å². The zero-order chi connectivity index (χ0) is 14.1. The molecule has 1 rings (SSSR count). The van der Waals surface area contributed by atoms with E-state index < -0.39 is 5.97 Å². The first-order valence-electron chi connectivity index (χ1n) is 5.63. The lowest BCUT2D eigenvalue weighted by atomic mass is 10.3. The van der Waals surface area contributed by atoms with Gasteiger partial charge in [-0.25, -0.2) is 4.79 Å². The monoisotopic (exact) mass is 261 g/mol. The molecule has 0 aliphatic rings. The van der Waals surface area contributed by atoms with Crippen LogP contribution < -0.4 is 5.32 Å². The molecule has 0 atom stereocenters. The van der Waals surface area contributed by atoms with Gasteiger partial charge >= 0.3 is 5.97 Å². The summed E-state index contributed by atoms with van der Waals surface area (Å²) in [6, 6.07) is 5.31. The molecule has 1 aromatic heterocycles. The Labute approximate surface area is 111 Å². The maximum atomic E-state index is 11.5. The highest BCUT2D eigenvalue weighted by Crippen LogP contribution is 2.08. The van der Waals surface area contributed by atoms with Crippen molar-refractivity contribution in [1.29, 1.82) is 5.26 Å². The summed E-state index contributed by atoms with van der Waals surface area (Å²) < 4.78 is 9.59. The number of pyridine rings is 1. The summed E-state index contributed by atoms with van der Waals surface area (Å²) >= 11 is 0. The van der Waals surface area contributed by atoms with Gasteiger partial charge < -0.3 is 14.8 Å². The number of aryl methyl sites for hydroxylation is 1. The molecule has 0 saturated carbocycles. The number of nitriles is 1. The largest absolute Gasteiger partial charge is 0.459 e. The van der Waals surface area contributed by atoms with Crippen molar-refractivity contribution >= 4 is 11.7 Å². The van der Waals surface area contributed by atoms with E-state index in [4.69, 9.17) is 14.7 Å². The Balaban J connectivity index is 2.62. The molecule has 19 heavy (non-hydrogen) atoms. The van der Waals surface area contributed by atoms with Gasteiger partial charge in [-0.15, -0.1) is 0 Å². The predicted octanol–water partition coefficient (Wildman–Crippen LogP) is 1.40. The standard InChI is InChI=1S/C13H15N3O3/c1-10-7-12(3-4-15-10)16-9-11(8-14)13(17)19-6-5-18-2/h3-4,7,9H,5-6H2,1-2H3,(H,15,16)/b11-9+. The summed E-state index contributed by atoms with van der Waals surface area (Å²) in [7, 11) is 1.50. The van der Waals surface area contributed by atoms with Crippen molar-refractivity contribution in [1.82, 2.24) is 4.98 Å². The van der Waals surface area contributed by atoms with Crippen molar-refractivity contribution in [3.05, 3.63) is 35.8 Å². The third kappa shape index (κ3) is 5.19. The molecule has 0 fully saturated rings. The molecule has 6 heteroatoms. The zero-order valence-electron chi connectivity index (χ0n) is 10.8. The van der Waals surface area contributed by atoms with E-state index in [2.05, 4.69) is 10.3 Å². The molecule has 0 aromatic carbocycles. The lowest BCUT2D eigenvalue weighted by molar-refractivity contribution is -0.139. The third-order valence-corrected chi connectivity index (χ3v) is 2.14. The minimum absolute atomic E-state index is 0.106. The van der Waals surface area contributed by atoms with Gasteiger partial charge in [0.1, 0.15) is 12.7 Å². The number of anilines is 1. The highest BCUT2D eigenvalue weighted by Gasteiger charge is 2.09. The van der Waals surface area contributed by atoms with Crippen molar-refractivity contribution < 1.29 is 14.3 Å². The highest BCUT2D eigenvalue weighted by atomic mass is 16.6. The van der Waals surface area contributed by atoms with Crippen LogP contribution >= 0.6 is 0 Å². The van der Waals surface area contributed by atoms with Gasteiger partial charge in [0.2, 0.25) is 0 Å². The second-order valence-electron chi connectivity index (χ2n) is 3.63. The van der Waals surface area contributed by atoms with Crippen LogP contribution in [0.25, 0.3) is 0 Å². The number of esters is 1. The van der Waals surface area contributed by atoms with Crippen LogP contribution in [-0.2, 0) is 14.3 Å². The lowest BCUT2D eigenvalue weighted by Crippen LogP contribution is -2.12. The van der Waals surface area contributed by atoms with E-state index in [1.807, 2.05) is 6.92 Å². The Kier molecular flexibility index (Phi) is 6.06. The number of hydrogen-bond donors (Lipinski definition) is 1. The fourth-order valence-corrected chi connectivity index (χ4v) is 1.22. The number of methoxy groups -OCH3 is 1. The van der Waals surface area contributed by atoms with Crippen LogP contribution in [0.15, 0.2) is 30.1 Å². The third-order valence-electron chi connectivity index (χ3n) is 2.14. The first kappa shape index (κ1) is 14.7. The molecule has 0 amide bonds. The summed E-state index contributed by atoms with van der Waals surface area (Å²) in [4.78, 5) is 15.6. The van der Waals surface area contributed by atoms with Gasteiger partial charge in [0, 0.05) is 30.9 Å². The summed E-state index contributed by atoms with van der Waals surface area (Å²) in [5, 5.41) is 11.7. The van der Waals surface area contributed by atoms with Gasteiger partial charge in [-0.3, -0.25) is 4.98 Å². The highest BCUT2D eigenvalue weighted by molar-refractivity contribution is 5.93. The summed E-state index contributed by atoms with van der Waals surface area (Å²) in [5.41, 5.74) is 1.47. The zero-order valence-corrected chi connectivity index (χ0v) is 10.8. The fourth-order valence-electron chi connectivity index (χ4n) is 1.22. The van der Waals surface area contributed by atoms with Crippen LogP contribution in [0.2, 0.25) is 0 Å². The van der Waals surface area contributed by atoms with E-state index in [1.54, 1.807) is 24.4 Å². The normalized spacial score (nSPS) is 10.7. The SMILES string of the molecule is COCCOC(=O)/C(C#N)=C/Nc1ccnc(C)c1. The maximum Gasteiger partial charge on any atom is 0.350 e.